The lowest BCUT2D eigenvalue weighted by Crippen LogP contribution is -2.19. The van der Waals surface area contributed by atoms with Crippen LogP contribution in [0.2, 0.25) is 0 Å². The maximum absolute atomic E-state index is 11.7. The molecule has 0 spiro atoms. The van der Waals surface area contributed by atoms with E-state index in [1.807, 2.05) is 18.2 Å². The topological polar surface area (TPSA) is 58.2 Å². The molecule has 2 aromatic rings. The molecular formula is C22H25IN2O2. The van der Waals surface area contributed by atoms with Gasteiger partial charge in [-0.05, 0) is 70.8 Å². The summed E-state index contributed by atoms with van der Waals surface area (Å²) >= 11 is 2.29. The second kappa shape index (κ2) is 8.87. The average Bonchev–Trinajstić information content (AvgIpc) is 2.69. The van der Waals surface area contributed by atoms with Crippen LogP contribution in [-0.2, 0) is 12.8 Å². The molecule has 0 saturated carbocycles. The van der Waals surface area contributed by atoms with E-state index in [2.05, 4.69) is 59.2 Å². The van der Waals surface area contributed by atoms with Crippen LogP contribution in [0.15, 0.2) is 30.3 Å². The molecule has 2 heterocycles. The third-order valence-corrected chi connectivity index (χ3v) is 5.82. The Kier molecular flexibility index (Phi) is 6.52. The Morgan fingerprint density at radius 3 is 2.19 bits per heavy atom. The first-order valence-corrected chi connectivity index (χ1v) is 10.6. The highest BCUT2D eigenvalue weighted by molar-refractivity contribution is 14.1. The van der Waals surface area contributed by atoms with Crippen LogP contribution in [0.1, 0.15) is 58.5 Å². The van der Waals surface area contributed by atoms with Gasteiger partial charge in [0.05, 0.1) is 5.69 Å². The molecule has 0 radical (unpaired) electrons. The van der Waals surface area contributed by atoms with Crippen molar-refractivity contribution in [3.63, 3.8) is 0 Å². The molecule has 0 aliphatic carbocycles. The fourth-order valence-electron chi connectivity index (χ4n) is 3.34. The van der Waals surface area contributed by atoms with Crippen LogP contribution in [0, 0.1) is 3.57 Å². The Balaban J connectivity index is 0.000000156. The van der Waals surface area contributed by atoms with Gasteiger partial charge in [0.25, 0.3) is 0 Å². The van der Waals surface area contributed by atoms with Gasteiger partial charge in [0.2, 0.25) is 0 Å². The zero-order valence-corrected chi connectivity index (χ0v) is 18.0. The highest BCUT2D eigenvalue weighted by Gasteiger charge is 2.19. The van der Waals surface area contributed by atoms with E-state index in [0.29, 0.717) is 12.8 Å². The molecule has 142 valence electrons. The number of hydrogen-bond acceptors (Lipinski definition) is 4. The molecule has 0 unspecified atom stereocenters. The SMILES string of the molecule is CCc1cc(I)c2c(c1)C(=O)CCN2.CCc1ccc2c(c1)C(=O)CCN2. The maximum Gasteiger partial charge on any atom is 0.166 e. The summed E-state index contributed by atoms with van der Waals surface area (Å²) < 4.78 is 1.16. The van der Waals surface area contributed by atoms with Gasteiger partial charge in [0.15, 0.2) is 11.6 Å². The van der Waals surface area contributed by atoms with Crippen molar-refractivity contribution in [3.05, 3.63) is 56.2 Å². The minimum Gasteiger partial charge on any atom is -0.384 e. The average molecular weight is 476 g/mol. The van der Waals surface area contributed by atoms with E-state index < -0.39 is 0 Å². The fourth-order valence-corrected chi connectivity index (χ4v) is 4.22. The van der Waals surface area contributed by atoms with E-state index in [1.54, 1.807) is 0 Å². The fraction of sp³-hybridized carbons (Fsp3) is 0.364. The molecular weight excluding hydrogens is 451 g/mol. The van der Waals surface area contributed by atoms with Crippen LogP contribution in [0.25, 0.3) is 0 Å². The number of benzene rings is 2. The van der Waals surface area contributed by atoms with Crippen LogP contribution in [0.3, 0.4) is 0 Å². The summed E-state index contributed by atoms with van der Waals surface area (Å²) in [4.78, 5) is 23.2. The predicted molar refractivity (Wildman–Crippen MR) is 119 cm³/mol. The van der Waals surface area contributed by atoms with Crippen molar-refractivity contribution in [1.82, 2.24) is 0 Å². The first-order valence-electron chi connectivity index (χ1n) is 9.53. The first kappa shape index (κ1) is 19.9. The third kappa shape index (κ3) is 4.51. The van der Waals surface area contributed by atoms with Gasteiger partial charge in [0.1, 0.15) is 0 Å². The standard InChI is InChI=1S/C11H12INO.C11H13NO/c1-2-7-5-8-10(14)3-4-13-11(8)9(12)6-7;1-2-8-3-4-10-9(7-8)11(13)5-6-12-10/h5-6,13H,2-4H2,1H3;3-4,7,12H,2,5-6H2,1H3. The van der Waals surface area contributed by atoms with Gasteiger partial charge < -0.3 is 10.6 Å². The Bertz CT molecular complexity index is 877. The molecule has 0 fully saturated rings. The lowest BCUT2D eigenvalue weighted by Gasteiger charge is -2.19. The summed E-state index contributed by atoms with van der Waals surface area (Å²) in [5.74, 6) is 0.538. The lowest BCUT2D eigenvalue weighted by atomic mass is 9.99. The molecule has 0 saturated heterocycles. The van der Waals surface area contributed by atoms with Crippen LogP contribution in [-0.4, -0.2) is 24.7 Å². The summed E-state index contributed by atoms with van der Waals surface area (Å²) in [5.41, 5.74) is 6.24. The molecule has 0 aromatic heterocycles. The predicted octanol–water partition coefficient (Wildman–Crippen LogP) is 5.10. The van der Waals surface area contributed by atoms with E-state index in [9.17, 15) is 9.59 Å². The molecule has 2 aliphatic rings. The summed E-state index contributed by atoms with van der Waals surface area (Å²) in [6, 6.07) is 10.2. The number of ketones is 2. The number of carbonyl (C=O) groups excluding carboxylic acids is 2. The largest absolute Gasteiger partial charge is 0.384 e. The van der Waals surface area contributed by atoms with Crippen molar-refractivity contribution >= 4 is 45.5 Å². The molecule has 0 amide bonds. The van der Waals surface area contributed by atoms with Crippen molar-refractivity contribution in [1.29, 1.82) is 0 Å². The normalized spacial score (nSPS) is 14.9. The molecule has 2 aromatic carbocycles. The van der Waals surface area contributed by atoms with E-state index in [4.69, 9.17) is 0 Å². The molecule has 2 aliphatic heterocycles. The molecule has 27 heavy (non-hydrogen) atoms. The number of hydrogen-bond donors (Lipinski definition) is 2. The van der Waals surface area contributed by atoms with E-state index >= 15 is 0 Å². The van der Waals surface area contributed by atoms with Gasteiger partial charge in [-0.15, -0.1) is 0 Å². The van der Waals surface area contributed by atoms with Gasteiger partial charge in [-0.3, -0.25) is 9.59 Å². The molecule has 2 N–H and O–H groups in total. The van der Waals surface area contributed by atoms with Gasteiger partial charge in [0, 0.05) is 46.3 Å². The number of fused-ring (bicyclic) bond motifs is 2. The van der Waals surface area contributed by atoms with Crippen LogP contribution in [0.4, 0.5) is 11.4 Å². The molecule has 0 atom stereocenters. The van der Waals surface area contributed by atoms with Gasteiger partial charge >= 0.3 is 0 Å². The Morgan fingerprint density at radius 2 is 1.48 bits per heavy atom. The third-order valence-electron chi connectivity index (χ3n) is 4.97. The number of nitrogens with one attached hydrogen (secondary N) is 2. The highest BCUT2D eigenvalue weighted by Crippen LogP contribution is 2.29. The van der Waals surface area contributed by atoms with Gasteiger partial charge in [-0.2, -0.15) is 0 Å². The number of anilines is 2. The van der Waals surface area contributed by atoms with Crippen LogP contribution < -0.4 is 10.6 Å². The Labute approximate surface area is 174 Å². The summed E-state index contributed by atoms with van der Waals surface area (Å²) in [6.07, 6.45) is 3.22. The number of Topliss-reactive ketones (excluding diaryl/α,β-unsaturated/α-hetero) is 2. The van der Waals surface area contributed by atoms with Crippen molar-refractivity contribution < 1.29 is 9.59 Å². The monoisotopic (exact) mass is 476 g/mol. The summed E-state index contributed by atoms with van der Waals surface area (Å²) in [7, 11) is 0. The quantitative estimate of drug-likeness (QED) is 0.593. The lowest BCUT2D eigenvalue weighted by molar-refractivity contribution is 0.0975. The van der Waals surface area contributed by atoms with Crippen molar-refractivity contribution in [2.24, 2.45) is 0 Å². The van der Waals surface area contributed by atoms with E-state index in [1.165, 1.54) is 11.1 Å². The van der Waals surface area contributed by atoms with Gasteiger partial charge in [-0.1, -0.05) is 19.9 Å². The van der Waals surface area contributed by atoms with Crippen LogP contribution >= 0.6 is 22.6 Å². The second-order valence-electron chi connectivity index (χ2n) is 6.79. The molecule has 4 rings (SSSR count). The summed E-state index contributed by atoms with van der Waals surface area (Å²) in [5, 5.41) is 6.51. The van der Waals surface area contributed by atoms with Crippen molar-refractivity contribution in [2.75, 3.05) is 23.7 Å². The molecule has 0 bridgehead atoms. The zero-order valence-electron chi connectivity index (χ0n) is 15.8. The number of carbonyl (C=O) groups is 2. The minimum atomic E-state index is 0.268. The van der Waals surface area contributed by atoms with Crippen LogP contribution in [0.5, 0.6) is 0 Å². The molecule has 5 heteroatoms. The zero-order chi connectivity index (χ0) is 19.4. The summed E-state index contributed by atoms with van der Waals surface area (Å²) in [6.45, 7) is 5.76. The van der Waals surface area contributed by atoms with Gasteiger partial charge in [-0.25, -0.2) is 0 Å². The number of rotatable bonds is 2. The smallest absolute Gasteiger partial charge is 0.166 e. The first-order chi connectivity index (χ1) is 13.0. The van der Waals surface area contributed by atoms with E-state index in [-0.39, 0.29) is 11.6 Å². The maximum atomic E-state index is 11.7. The Morgan fingerprint density at radius 1 is 0.852 bits per heavy atom. The minimum absolute atomic E-state index is 0.268. The highest BCUT2D eigenvalue weighted by atomic mass is 127. The van der Waals surface area contributed by atoms with Crippen molar-refractivity contribution in [2.45, 2.75) is 39.5 Å². The molecule has 4 nitrogen and oxygen atoms in total. The number of halogens is 1. The van der Waals surface area contributed by atoms with Crippen molar-refractivity contribution in [3.8, 4) is 0 Å². The second-order valence-corrected chi connectivity index (χ2v) is 7.95. The number of aryl methyl sites for hydroxylation is 2. The van der Waals surface area contributed by atoms with E-state index in [0.717, 1.165) is 52.0 Å². The Hall–Kier alpha value is -1.89.